The summed E-state index contributed by atoms with van der Waals surface area (Å²) in [5, 5.41) is 8.81. The van der Waals surface area contributed by atoms with Crippen LogP contribution >= 0.6 is 0 Å². The number of hydrogen-bond donors (Lipinski definition) is 0. The van der Waals surface area contributed by atoms with Crippen LogP contribution in [0.4, 0.5) is 0 Å². The van der Waals surface area contributed by atoms with E-state index in [1.807, 2.05) is 18.2 Å². The minimum atomic E-state index is 0.599. The van der Waals surface area contributed by atoms with Gasteiger partial charge in [0.15, 0.2) is 17.5 Å². The molecule has 12 aromatic rings. The van der Waals surface area contributed by atoms with Gasteiger partial charge in [-0.25, -0.2) is 15.0 Å². The number of rotatable bonds is 5. The topological polar surface area (TPSA) is 56.7 Å². The number of hydrogen-bond acceptors (Lipinski definition) is 4. The van der Waals surface area contributed by atoms with E-state index in [0.29, 0.717) is 17.5 Å². The highest BCUT2D eigenvalue weighted by atomic mass is 16.3. The maximum absolute atomic E-state index is 6.41. The van der Waals surface area contributed by atoms with E-state index in [1.165, 1.54) is 0 Å². The maximum atomic E-state index is 6.41. The lowest BCUT2D eigenvalue weighted by Gasteiger charge is -2.15. The summed E-state index contributed by atoms with van der Waals surface area (Å²) in [6, 6.07) is 67.9. The zero-order valence-corrected chi connectivity index (χ0v) is 31.2. The second-order valence-electron chi connectivity index (χ2n) is 14.7. The molecule has 0 saturated heterocycles. The molecular formula is C53H32N4O. The van der Waals surface area contributed by atoms with Gasteiger partial charge in [-0.1, -0.05) is 146 Å². The van der Waals surface area contributed by atoms with E-state index in [9.17, 15) is 0 Å². The zero-order valence-electron chi connectivity index (χ0n) is 31.2. The molecule has 0 spiro atoms. The molecular weight excluding hydrogens is 709 g/mol. The van der Waals surface area contributed by atoms with Crippen LogP contribution in [0.25, 0.3) is 116 Å². The van der Waals surface area contributed by atoms with Crippen molar-refractivity contribution in [1.82, 2.24) is 19.5 Å². The number of fused-ring (bicyclic) bond motifs is 8. The van der Waals surface area contributed by atoms with Crippen molar-refractivity contribution in [2.24, 2.45) is 0 Å². The Morgan fingerprint density at radius 1 is 0.328 bits per heavy atom. The molecule has 0 atom stereocenters. The molecule has 58 heavy (non-hydrogen) atoms. The molecule has 0 aliphatic rings. The molecule has 9 aromatic carbocycles. The first-order valence-electron chi connectivity index (χ1n) is 19.5. The van der Waals surface area contributed by atoms with E-state index in [-0.39, 0.29) is 0 Å². The molecule has 12 rings (SSSR count). The molecule has 0 aliphatic carbocycles. The van der Waals surface area contributed by atoms with Gasteiger partial charge in [-0.15, -0.1) is 0 Å². The molecule has 0 unspecified atom stereocenters. The van der Waals surface area contributed by atoms with Gasteiger partial charge in [-0.05, 0) is 81.2 Å². The largest absolute Gasteiger partial charge is 0.456 e. The van der Waals surface area contributed by atoms with Gasteiger partial charge >= 0.3 is 0 Å². The summed E-state index contributed by atoms with van der Waals surface area (Å²) in [4.78, 5) is 16.3. The second-order valence-corrected chi connectivity index (χ2v) is 14.7. The third-order valence-electron chi connectivity index (χ3n) is 11.4. The van der Waals surface area contributed by atoms with Gasteiger partial charge in [0, 0.05) is 43.9 Å². The van der Waals surface area contributed by atoms with Crippen molar-refractivity contribution in [2.45, 2.75) is 0 Å². The normalized spacial score (nSPS) is 11.8. The average Bonchev–Trinajstić information content (AvgIpc) is 3.85. The van der Waals surface area contributed by atoms with Crippen molar-refractivity contribution in [2.75, 3.05) is 0 Å². The molecule has 0 radical (unpaired) electrons. The van der Waals surface area contributed by atoms with Gasteiger partial charge in [0.05, 0.1) is 11.0 Å². The van der Waals surface area contributed by atoms with Gasteiger partial charge in [-0.2, -0.15) is 0 Å². The van der Waals surface area contributed by atoms with Crippen LogP contribution < -0.4 is 0 Å². The Balaban J connectivity index is 1.19. The van der Waals surface area contributed by atoms with E-state index in [2.05, 4.69) is 180 Å². The third kappa shape index (κ3) is 5.00. The number of benzene rings is 9. The lowest BCUT2D eigenvalue weighted by Crippen LogP contribution is -2.02. The molecule has 3 heterocycles. The Morgan fingerprint density at radius 2 is 0.862 bits per heavy atom. The third-order valence-corrected chi connectivity index (χ3v) is 11.4. The van der Waals surface area contributed by atoms with Crippen LogP contribution in [0.3, 0.4) is 0 Å². The molecule has 270 valence electrons. The summed E-state index contributed by atoms with van der Waals surface area (Å²) < 4.78 is 8.74. The SMILES string of the molecule is c1ccc(-n2c3ccccc3c3c(-c4nc(-c5cc6ccccc6cc5-c5cccc6oc7ccccc7c56)nc(-c5cccc6ccccc56)n4)cccc32)cc1. The Hall–Kier alpha value is -7.89. The first kappa shape index (κ1) is 32.4. The van der Waals surface area contributed by atoms with Gasteiger partial charge in [0.2, 0.25) is 0 Å². The van der Waals surface area contributed by atoms with E-state index in [1.54, 1.807) is 0 Å². The second kappa shape index (κ2) is 12.8. The summed E-state index contributed by atoms with van der Waals surface area (Å²) in [5.74, 6) is 1.83. The van der Waals surface area contributed by atoms with Gasteiger partial charge in [0.25, 0.3) is 0 Å². The van der Waals surface area contributed by atoms with Crippen LogP contribution in [0.5, 0.6) is 0 Å². The number of nitrogens with zero attached hydrogens (tertiary/aromatic N) is 4. The van der Waals surface area contributed by atoms with Gasteiger partial charge in [-0.3, -0.25) is 0 Å². The fourth-order valence-electron chi connectivity index (χ4n) is 8.87. The molecule has 0 fully saturated rings. The van der Waals surface area contributed by atoms with Crippen molar-refractivity contribution in [3.8, 4) is 51.0 Å². The predicted molar refractivity (Wildman–Crippen MR) is 238 cm³/mol. The van der Waals surface area contributed by atoms with Crippen molar-refractivity contribution in [3.63, 3.8) is 0 Å². The standard InChI is InChI=1S/C53H32N4O/c1-2-19-36(20-3-1)57-45-27-10-8-22-40(45)49-42(26-13-28-46(49)57)52-54-51(39-25-12-18-33-15-6-7-21-37(33)39)55-53(56-52)44-32-35-17-5-4-16-34(35)31-43(44)38-24-14-30-48-50(38)41-23-9-11-29-47(41)58-48/h1-32H. The van der Waals surface area contributed by atoms with Crippen LogP contribution in [0.1, 0.15) is 0 Å². The highest BCUT2D eigenvalue weighted by Gasteiger charge is 2.23. The van der Waals surface area contributed by atoms with E-state index in [4.69, 9.17) is 19.4 Å². The average molecular weight is 741 g/mol. The van der Waals surface area contributed by atoms with Crippen LogP contribution in [0.15, 0.2) is 199 Å². The maximum Gasteiger partial charge on any atom is 0.164 e. The van der Waals surface area contributed by atoms with Gasteiger partial charge < -0.3 is 8.98 Å². The minimum Gasteiger partial charge on any atom is -0.456 e. The lowest BCUT2D eigenvalue weighted by molar-refractivity contribution is 0.669. The quantitative estimate of drug-likeness (QED) is 0.176. The Kier molecular flexibility index (Phi) is 7.16. The molecule has 0 aliphatic heterocycles. The van der Waals surface area contributed by atoms with Crippen molar-refractivity contribution in [1.29, 1.82) is 0 Å². The summed E-state index contributed by atoms with van der Waals surface area (Å²) in [5.41, 5.74) is 9.90. The van der Waals surface area contributed by atoms with E-state index in [0.717, 1.165) is 98.8 Å². The fraction of sp³-hybridized carbons (Fsp3) is 0. The van der Waals surface area contributed by atoms with Crippen molar-refractivity contribution >= 4 is 65.3 Å². The number of furan rings is 1. The van der Waals surface area contributed by atoms with Crippen LogP contribution in [-0.4, -0.2) is 19.5 Å². The Morgan fingerprint density at radius 3 is 1.69 bits per heavy atom. The molecule has 0 bridgehead atoms. The van der Waals surface area contributed by atoms with Crippen LogP contribution in [0, 0.1) is 0 Å². The van der Waals surface area contributed by atoms with Crippen molar-refractivity contribution in [3.05, 3.63) is 194 Å². The molecule has 0 amide bonds. The highest BCUT2D eigenvalue weighted by Crippen LogP contribution is 2.43. The number of para-hydroxylation sites is 3. The molecule has 5 heteroatoms. The smallest absolute Gasteiger partial charge is 0.164 e. The summed E-state index contributed by atoms with van der Waals surface area (Å²) >= 11 is 0. The fourth-order valence-corrected chi connectivity index (χ4v) is 8.87. The van der Waals surface area contributed by atoms with E-state index < -0.39 is 0 Å². The van der Waals surface area contributed by atoms with Crippen LogP contribution in [0.2, 0.25) is 0 Å². The first-order chi connectivity index (χ1) is 28.8. The first-order valence-corrected chi connectivity index (χ1v) is 19.5. The monoisotopic (exact) mass is 740 g/mol. The zero-order chi connectivity index (χ0) is 38.2. The minimum absolute atomic E-state index is 0.599. The highest BCUT2D eigenvalue weighted by molar-refractivity contribution is 6.16. The predicted octanol–water partition coefficient (Wildman–Crippen LogP) is 13.8. The summed E-state index contributed by atoms with van der Waals surface area (Å²) in [6.07, 6.45) is 0. The summed E-state index contributed by atoms with van der Waals surface area (Å²) in [7, 11) is 0. The molecule has 3 aromatic heterocycles. The molecule has 5 nitrogen and oxygen atoms in total. The van der Waals surface area contributed by atoms with Crippen LogP contribution in [-0.2, 0) is 0 Å². The summed E-state index contributed by atoms with van der Waals surface area (Å²) in [6.45, 7) is 0. The van der Waals surface area contributed by atoms with Crippen molar-refractivity contribution < 1.29 is 4.42 Å². The Bertz CT molecular complexity index is 3580. The van der Waals surface area contributed by atoms with Gasteiger partial charge in [0.1, 0.15) is 11.2 Å². The number of aromatic nitrogens is 4. The lowest BCUT2D eigenvalue weighted by atomic mass is 9.92. The molecule has 0 saturated carbocycles. The van der Waals surface area contributed by atoms with E-state index >= 15 is 0 Å². The molecule has 0 N–H and O–H groups in total. The Labute approximate surface area is 333 Å².